The van der Waals surface area contributed by atoms with Crippen LogP contribution in [0.4, 0.5) is 10.5 Å². The van der Waals surface area contributed by atoms with Gasteiger partial charge >= 0.3 is 6.03 Å². The number of pyridine rings is 1. The summed E-state index contributed by atoms with van der Waals surface area (Å²) in [6.45, 7) is 6.38. The third-order valence-corrected chi connectivity index (χ3v) is 11.9. The number of rotatable bonds is 8. The SMILES string of the molecule is CNC(=O)N1CCc2c(-c3cc(OC)c(CN4CC(N5CCN(c6ccc7c(c6)C(=O)N(C6CCC(=O)NC6=O)C7=O)CC5)C4)c(OC)c3)cn(C)c(=O)c2C1. The van der Waals surface area contributed by atoms with E-state index in [1.54, 1.807) is 49.9 Å². The number of hydrogen-bond acceptors (Lipinski definition) is 11. The maximum absolute atomic E-state index is 13.4. The number of nitrogens with zero attached hydrogens (tertiary/aromatic N) is 6. The molecule has 0 saturated carbocycles. The van der Waals surface area contributed by atoms with Crippen LogP contribution in [0.3, 0.4) is 0 Å². The Kier molecular flexibility index (Phi) is 9.78. The summed E-state index contributed by atoms with van der Waals surface area (Å²) in [7, 11) is 6.62. The molecule has 6 heterocycles. The lowest BCUT2D eigenvalue weighted by Gasteiger charge is -2.48. The highest BCUT2D eigenvalue weighted by atomic mass is 16.5. The van der Waals surface area contributed by atoms with Crippen molar-refractivity contribution in [2.45, 2.75) is 44.4 Å². The first-order valence-corrected chi connectivity index (χ1v) is 19.0. The normalized spacial score (nSPS) is 20.4. The number of aromatic nitrogens is 1. The predicted molar refractivity (Wildman–Crippen MR) is 205 cm³/mol. The zero-order valence-electron chi connectivity index (χ0n) is 32.1. The Bertz CT molecular complexity index is 2180. The van der Waals surface area contributed by atoms with Crippen LogP contribution in [0.5, 0.6) is 11.5 Å². The van der Waals surface area contributed by atoms with Gasteiger partial charge in [-0.2, -0.15) is 0 Å². The van der Waals surface area contributed by atoms with Crippen LogP contribution in [0.25, 0.3) is 11.1 Å². The number of methoxy groups -OCH3 is 2. The minimum Gasteiger partial charge on any atom is -0.496 e. The molecule has 5 aliphatic heterocycles. The van der Waals surface area contributed by atoms with Crippen molar-refractivity contribution in [3.8, 4) is 22.6 Å². The fourth-order valence-electron chi connectivity index (χ4n) is 8.80. The van der Waals surface area contributed by atoms with Gasteiger partial charge in [0.05, 0.1) is 37.5 Å². The molecule has 16 heteroatoms. The number of likely N-dealkylation sites (tertiary alicyclic amines) is 1. The number of imide groups is 2. The number of hydrogen-bond donors (Lipinski definition) is 2. The fourth-order valence-corrected chi connectivity index (χ4v) is 8.80. The van der Waals surface area contributed by atoms with Crippen molar-refractivity contribution < 1.29 is 33.4 Å². The second-order valence-corrected chi connectivity index (χ2v) is 15.0. The number of aryl methyl sites for hydroxylation is 1. The Labute approximate surface area is 323 Å². The molecule has 1 unspecified atom stereocenters. The summed E-state index contributed by atoms with van der Waals surface area (Å²) in [4.78, 5) is 85.9. The molecule has 0 aliphatic carbocycles. The number of carbonyl (C=O) groups excluding carboxylic acids is 5. The average molecular weight is 767 g/mol. The van der Waals surface area contributed by atoms with Crippen LogP contribution in [0, 0.1) is 0 Å². The van der Waals surface area contributed by atoms with Gasteiger partial charge in [0.15, 0.2) is 0 Å². The van der Waals surface area contributed by atoms with E-state index in [4.69, 9.17) is 9.47 Å². The van der Waals surface area contributed by atoms with Gasteiger partial charge in [0.1, 0.15) is 17.5 Å². The largest absolute Gasteiger partial charge is 0.496 e. The van der Waals surface area contributed by atoms with Crippen LogP contribution in [0.1, 0.15) is 50.2 Å². The van der Waals surface area contributed by atoms with E-state index in [-0.39, 0.29) is 42.1 Å². The van der Waals surface area contributed by atoms with Crippen molar-refractivity contribution in [1.82, 2.24) is 34.8 Å². The van der Waals surface area contributed by atoms with Gasteiger partial charge in [-0.15, -0.1) is 0 Å². The maximum Gasteiger partial charge on any atom is 0.317 e. The second kappa shape index (κ2) is 14.7. The molecule has 1 aromatic heterocycles. The van der Waals surface area contributed by atoms with Crippen molar-refractivity contribution in [2.75, 3.05) is 72.0 Å². The number of fused-ring (bicyclic) bond motifs is 2. The molecule has 294 valence electrons. The first kappa shape index (κ1) is 37.2. The number of nitrogens with one attached hydrogen (secondary N) is 2. The molecule has 0 bridgehead atoms. The smallest absolute Gasteiger partial charge is 0.317 e. The van der Waals surface area contributed by atoms with Crippen molar-refractivity contribution in [3.63, 3.8) is 0 Å². The summed E-state index contributed by atoms with van der Waals surface area (Å²) in [5, 5.41) is 4.90. The second-order valence-electron chi connectivity index (χ2n) is 15.0. The highest BCUT2D eigenvalue weighted by Gasteiger charge is 2.45. The highest BCUT2D eigenvalue weighted by molar-refractivity contribution is 6.23. The predicted octanol–water partition coefficient (Wildman–Crippen LogP) is 1.17. The van der Waals surface area contributed by atoms with E-state index in [1.807, 2.05) is 24.4 Å². The lowest BCUT2D eigenvalue weighted by Crippen LogP contribution is -2.62. The molecule has 1 atom stereocenters. The number of carbonyl (C=O) groups is 5. The lowest BCUT2D eigenvalue weighted by molar-refractivity contribution is -0.136. The lowest BCUT2D eigenvalue weighted by atomic mass is 9.91. The molecule has 56 heavy (non-hydrogen) atoms. The summed E-state index contributed by atoms with van der Waals surface area (Å²) >= 11 is 0. The molecule has 3 saturated heterocycles. The maximum atomic E-state index is 13.4. The first-order valence-electron chi connectivity index (χ1n) is 19.0. The molecular formula is C40H46N8O8. The van der Waals surface area contributed by atoms with Crippen LogP contribution in [-0.2, 0) is 36.1 Å². The van der Waals surface area contributed by atoms with E-state index in [1.165, 1.54) is 0 Å². The van der Waals surface area contributed by atoms with Crippen molar-refractivity contribution >= 4 is 35.3 Å². The molecule has 0 spiro atoms. The third kappa shape index (κ3) is 6.45. The third-order valence-electron chi connectivity index (χ3n) is 11.9. The zero-order valence-corrected chi connectivity index (χ0v) is 32.1. The summed E-state index contributed by atoms with van der Waals surface area (Å²) in [6.07, 6.45) is 2.62. The molecule has 5 aliphatic rings. The van der Waals surface area contributed by atoms with Crippen LogP contribution in [0.2, 0.25) is 0 Å². The van der Waals surface area contributed by atoms with E-state index in [9.17, 15) is 28.8 Å². The van der Waals surface area contributed by atoms with Gasteiger partial charge in [0.25, 0.3) is 17.4 Å². The minimum atomic E-state index is -0.988. The van der Waals surface area contributed by atoms with Crippen molar-refractivity contribution in [2.24, 2.45) is 7.05 Å². The number of piperazine rings is 1. The van der Waals surface area contributed by atoms with Crippen molar-refractivity contribution in [3.05, 3.63) is 74.7 Å². The highest BCUT2D eigenvalue weighted by Crippen LogP contribution is 2.39. The number of ether oxygens (including phenoxy) is 2. The Balaban J connectivity index is 0.902. The number of amides is 6. The van der Waals surface area contributed by atoms with Gasteiger partial charge in [-0.05, 0) is 54.3 Å². The van der Waals surface area contributed by atoms with Gasteiger partial charge in [-0.1, -0.05) is 0 Å². The van der Waals surface area contributed by atoms with E-state index < -0.39 is 29.7 Å². The topological polar surface area (TPSA) is 166 Å². The standard InChI is InChI=1S/C40H46N8O8/c1-41-40(54)47-10-9-26-29(20-43(2)37(51)30(26)22-47)23-15-33(55-3)31(34(16-23)56-4)21-44-18-25(19-44)46-13-11-45(12-14-46)24-5-6-27-28(17-24)39(53)48(38(27)52)32-7-8-35(49)42-36(32)50/h5-6,15-17,20,25,32H,7-14,18-19,21-22H2,1-4H3,(H,41,54)(H,42,49,50). The van der Waals surface area contributed by atoms with E-state index in [0.717, 1.165) is 72.1 Å². The van der Waals surface area contributed by atoms with Crippen LogP contribution in [0.15, 0.2) is 41.3 Å². The number of benzene rings is 2. The van der Waals surface area contributed by atoms with Crippen LogP contribution >= 0.6 is 0 Å². The monoisotopic (exact) mass is 766 g/mol. The minimum absolute atomic E-state index is 0.0812. The Hall–Kier alpha value is -5.74. The van der Waals surface area contributed by atoms with E-state index in [2.05, 4.69) is 25.3 Å². The summed E-state index contributed by atoms with van der Waals surface area (Å²) in [5.41, 5.74) is 5.62. The van der Waals surface area contributed by atoms with Crippen LogP contribution in [-0.4, -0.2) is 133 Å². The Morgan fingerprint density at radius 3 is 2.21 bits per heavy atom. The van der Waals surface area contributed by atoms with Gasteiger partial charge in [0.2, 0.25) is 11.8 Å². The first-order chi connectivity index (χ1) is 27.0. The molecule has 3 fully saturated rings. The molecule has 16 nitrogen and oxygen atoms in total. The molecule has 2 N–H and O–H groups in total. The number of piperidine rings is 1. The van der Waals surface area contributed by atoms with E-state index >= 15 is 0 Å². The van der Waals surface area contributed by atoms with Crippen LogP contribution < -0.4 is 30.6 Å². The van der Waals surface area contributed by atoms with Gasteiger partial charge in [-0.3, -0.25) is 44.0 Å². The van der Waals surface area contributed by atoms with Gasteiger partial charge in [0, 0.05) is 102 Å². The molecular weight excluding hydrogens is 720 g/mol. The molecule has 2 aromatic carbocycles. The summed E-state index contributed by atoms with van der Waals surface area (Å²) in [5.74, 6) is -0.613. The van der Waals surface area contributed by atoms with E-state index in [0.29, 0.717) is 42.6 Å². The summed E-state index contributed by atoms with van der Waals surface area (Å²) < 4.78 is 13.4. The Morgan fingerprint density at radius 1 is 0.857 bits per heavy atom. The average Bonchev–Trinajstić information content (AvgIpc) is 3.44. The number of urea groups is 1. The van der Waals surface area contributed by atoms with Gasteiger partial charge < -0.3 is 29.2 Å². The molecule has 3 aromatic rings. The summed E-state index contributed by atoms with van der Waals surface area (Å²) in [6, 6.07) is 8.49. The van der Waals surface area contributed by atoms with Gasteiger partial charge in [-0.25, -0.2) is 4.79 Å². The zero-order chi connectivity index (χ0) is 39.4. The van der Waals surface area contributed by atoms with Crippen molar-refractivity contribution in [1.29, 1.82) is 0 Å². The fraction of sp³-hybridized carbons (Fsp3) is 0.450. The number of anilines is 1. The molecule has 6 amide bonds. The quantitative estimate of drug-likeness (QED) is 0.317. The molecule has 8 rings (SSSR count). The molecule has 0 radical (unpaired) electrons. The Morgan fingerprint density at radius 2 is 1.55 bits per heavy atom.